The van der Waals surface area contributed by atoms with Crippen LogP contribution >= 0.6 is 0 Å². The van der Waals surface area contributed by atoms with E-state index in [0.717, 1.165) is 12.2 Å². The Bertz CT molecular complexity index is 624. The number of nitrogens with zero attached hydrogens (tertiary/aromatic N) is 3. The molecule has 0 spiro atoms. The van der Waals surface area contributed by atoms with Gasteiger partial charge in [-0.2, -0.15) is 15.0 Å². The molecule has 0 radical (unpaired) electrons. The lowest BCUT2D eigenvalue weighted by atomic mass is 10.1. The van der Waals surface area contributed by atoms with E-state index in [0.29, 0.717) is 18.4 Å². The van der Waals surface area contributed by atoms with Crippen LogP contribution in [-0.4, -0.2) is 27.6 Å². The summed E-state index contributed by atoms with van der Waals surface area (Å²) in [4.78, 5) is 12.3. The number of nitrogen functional groups attached to an aromatic ring is 1. The molecule has 1 aromatic heterocycles. The van der Waals surface area contributed by atoms with Gasteiger partial charge < -0.3 is 15.8 Å². The van der Waals surface area contributed by atoms with Crippen LogP contribution < -0.4 is 15.8 Å². The van der Waals surface area contributed by atoms with Gasteiger partial charge in [-0.15, -0.1) is 0 Å². The third kappa shape index (κ3) is 4.31. The maximum absolute atomic E-state index is 5.86. The summed E-state index contributed by atoms with van der Waals surface area (Å²) < 4.78 is 5.86. The van der Waals surface area contributed by atoms with Gasteiger partial charge in [0.05, 0.1) is 6.04 Å². The Hall–Kier alpha value is -2.37. The SMILES string of the molecule is CCC(COc1ccc(C)c(C)c1)Nc1nc(C)nc(N)n1. The van der Waals surface area contributed by atoms with Gasteiger partial charge in [-0.05, 0) is 50.5 Å². The normalized spacial score (nSPS) is 12.0. The minimum absolute atomic E-state index is 0.0998. The molecule has 1 unspecified atom stereocenters. The van der Waals surface area contributed by atoms with Crippen LogP contribution in [0.25, 0.3) is 0 Å². The molecule has 0 aliphatic heterocycles. The van der Waals surface area contributed by atoms with E-state index in [-0.39, 0.29) is 12.0 Å². The predicted octanol–water partition coefficient (Wildman–Crippen LogP) is 2.65. The van der Waals surface area contributed by atoms with E-state index < -0.39 is 0 Å². The molecule has 0 fully saturated rings. The Morgan fingerprint density at radius 1 is 1.14 bits per heavy atom. The number of rotatable bonds is 6. The zero-order valence-electron chi connectivity index (χ0n) is 13.6. The largest absolute Gasteiger partial charge is 0.491 e. The summed E-state index contributed by atoms with van der Waals surface area (Å²) in [6.07, 6.45) is 0.884. The average molecular weight is 301 g/mol. The van der Waals surface area contributed by atoms with E-state index in [2.05, 4.69) is 47.1 Å². The van der Waals surface area contributed by atoms with E-state index in [1.54, 1.807) is 6.92 Å². The van der Waals surface area contributed by atoms with Crippen molar-refractivity contribution < 1.29 is 4.74 Å². The maximum atomic E-state index is 5.86. The lowest BCUT2D eigenvalue weighted by Gasteiger charge is -2.18. The number of nitrogens with one attached hydrogen (secondary N) is 1. The number of hydrogen-bond acceptors (Lipinski definition) is 6. The van der Waals surface area contributed by atoms with Crippen molar-refractivity contribution in [1.29, 1.82) is 0 Å². The van der Waals surface area contributed by atoms with E-state index in [9.17, 15) is 0 Å². The number of ether oxygens (including phenoxy) is 1. The molecule has 0 aliphatic carbocycles. The first-order valence-corrected chi connectivity index (χ1v) is 7.42. The lowest BCUT2D eigenvalue weighted by Crippen LogP contribution is -2.27. The summed E-state index contributed by atoms with van der Waals surface area (Å²) in [5.74, 6) is 2.18. The van der Waals surface area contributed by atoms with Gasteiger partial charge in [-0.3, -0.25) is 0 Å². The molecule has 2 rings (SSSR count). The van der Waals surface area contributed by atoms with Crippen LogP contribution in [0.4, 0.5) is 11.9 Å². The van der Waals surface area contributed by atoms with E-state index in [4.69, 9.17) is 10.5 Å². The van der Waals surface area contributed by atoms with Crippen molar-refractivity contribution in [2.24, 2.45) is 0 Å². The predicted molar refractivity (Wildman–Crippen MR) is 88.1 cm³/mol. The number of hydrogen-bond donors (Lipinski definition) is 2. The Morgan fingerprint density at radius 2 is 1.91 bits per heavy atom. The molecular formula is C16H23N5O. The number of anilines is 2. The van der Waals surface area contributed by atoms with Gasteiger partial charge in [-0.1, -0.05) is 13.0 Å². The summed E-state index contributed by atoms with van der Waals surface area (Å²) in [5, 5.41) is 3.24. The smallest absolute Gasteiger partial charge is 0.228 e. The van der Waals surface area contributed by atoms with Gasteiger partial charge in [0.2, 0.25) is 11.9 Å². The van der Waals surface area contributed by atoms with Crippen LogP contribution in [0, 0.1) is 20.8 Å². The van der Waals surface area contributed by atoms with Gasteiger partial charge in [0.1, 0.15) is 18.2 Å². The fraction of sp³-hybridized carbons (Fsp3) is 0.438. The molecule has 118 valence electrons. The van der Waals surface area contributed by atoms with Gasteiger partial charge in [0.15, 0.2) is 0 Å². The molecule has 1 aromatic carbocycles. The topological polar surface area (TPSA) is 86.0 Å². The Balaban J connectivity index is 1.98. The summed E-state index contributed by atoms with van der Waals surface area (Å²) in [6, 6.07) is 6.20. The number of nitrogens with two attached hydrogens (primary N) is 1. The zero-order valence-corrected chi connectivity index (χ0v) is 13.6. The second-order valence-electron chi connectivity index (χ2n) is 5.37. The second-order valence-corrected chi connectivity index (χ2v) is 5.37. The number of aromatic nitrogens is 3. The maximum Gasteiger partial charge on any atom is 0.228 e. The molecular weight excluding hydrogens is 278 g/mol. The highest BCUT2D eigenvalue weighted by molar-refractivity contribution is 5.34. The van der Waals surface area contributed by atoms with Crippen LogP contribution in [0.5, 0.6) is 5.75 Å². The quantitative estimate of drug-likeness (QED) is 0.853. The van der Waals surface area contributed by atoms with Crippen molar-refractivity contribution in [2.45, 2.75) is 40.2 Å². The highest BCUT2D eigenvalue weighted by Gasteiger charge is 2.10. The van der Waals surface area contributed by atoms with Crippen LogP contribution in [0.2, 0.25) is 0 Å². The molecule has 1 atom stereocenters. The molecule has 6 nitrogen and oxygen atoms in total. The molecule has 3 N–H and O–H groups in total. The van der Waals surface area contributed by atoms with E-state index >= 15 is 0 Å². The van der Waals surface area contributed by atoms with E-state index in [1.807, 2.05) is 12.1 Å². The molecule has 1 heterocycles. The van der Waals surface area contributed by atoms with Crippen LogP contribution in [0.3, 0.4) is 0 Å². The first-order valence-electron chi connectivity index (χ1n) is 7.42. The van der Waals surface area contributed by atoms with Crippen molar-refractivity contribution in [1.82, 2.24) is 15.0 Å². The lowest BCUT2D eigenvalue weighted by molar-refractivity contribution is 0.293. The fourth-order valence-corrected chi connectivity index (χ4v) is 2.01. The van der Waals surface area contributed by atoms with Crippen molar-refractivity contribution in [3.05, 3.63) is 35.2 Å². The van der Waals surface area contributed by atoms with Gasteiger partial charge in [0, 0.05) is 0 Å². The van der Waals surface area contributed by atoms with Gasteiger partial charge in [0.25, 0.3) is 0 Å². The Labute approximate surface area is 131 Å². The van der Waals surface area contributed by atoms with Crippen molar-refractivity contribution >= 4 is 11.9 Å². The summed E-state index contributed by atoms with van der Waals surface area (Å²) >= 11 is 0. The Morgan fingerprint density at radius 3 is 2.55 bits per heavy atom. The summed E-state index contributed by atoms with van der Waals surface area (Å²) in [7, 11) is 0. The minimum atomic E-state index is 0.0998. The molecule has 2 aromatic rings. The molecule has 6 heteroatoms. The molecule has 0 saturated carbocycles. The van der Waals surface area contributed by atoms with Crippen LogP contribution in [-0.2, 0) is 0 Å². The minimum Gasteiger partial charge on any atom is -0.491 e. The standard InChI is InChI=1S/C16H23N5O/c1-5-13(20-16-19-12(4)18-15(17)21-16)9-22-14-7-6-10(2)11(3)8-14/h6-8,13H,5,9H2,1-4H3,(H3,17,18,19,20,21). The second kappa shape index (κ2) is 7.06. The first kappa shape index (κ1) is 16.0. The molecule has 0 amide bonds. The molecule has 0 saturated heterocycles. The van der Waals surface area contributed by atoms with Crippen LogP contribution in [0.15, 0.2) is 18.2 Å². The summed E-state index contributed by atoms with van der Waals surface area (Å²) in [5.41, 5.74) is 8.12. The Kier molecular flexibility index (Phi) is 5.14. The third-order valence-electron chi connectivity index (χ3n) is 3.52. The number of benzene rings is 1. The molecule has 22 heavy (non-hydrogen) atoms. The zero-order chi connectivity index (χ0) is 16.1. The van der Waals surface area contributed by atoms with Gasteiger partial charge >= 0.3 is 0 Å². The highest BCUT2D eigenvalue weighted by atomic mass is 16.5. The van der Waals surface area contributed by atoms with Gasteiger partial charge in [-0.25, -0.2) is 0 Å². The first-order chi connectivity index (χ1) is 10.5. The number of aryl methyl sites for hydroxylation is 3. The third-order valence-corrected chi connectivity index (χ3v) is 3.52. The van der Waals surface area contributed by atoms with Crippen molar-refractivity contribution in [3.8, 4) is 5.75 Å². The van der Waals surface area contributed by atoms with Crippen LogP contribution in [0.1, 0.15) is 30.3 Å². The van der Waals surface area contributed by atoms with Crippen molar-refractivity contribution in [2.75, 3.05) is 17.7 Å². The molecule has 0 bridgehead atoms. The van der Waals surface area contributed by atoms with Crippen molar-refractivity contribution in [3.63, 3.8) is 0 Å². The summed E-state index contributed by atoms with van der Waals surface area (Å²) in [6.45, 7) is 8.56. The fourth-order valence-electron chi connectivity index (χ4n) is 2.01. The highest BCUT2D eigenvalue weighted by Crippen LogP contribution is 2.17. The average Bonchev–Trinajstić information content (AvgIpc) is 2.46. The molecule has 0 aliphatic rings. The monoisotopic (exact) mass is 301 g/mol. The van der Waals surface area contributed by atoms with E-state index in [1.165, 1.54) is 11.1 Å².